The van der Waals surface area contributed by atoms with Crippen molar-refractivity contribution in [3.05, 3.63) is 11.1 Å². The van der Waals surface area contributed by atoms with Gasteiger partial charge in [-0.1, -0.05) is 30.1 Å². The number of rotatable bonds is 4. The van der Waals surface area contributed by atoms with E-state index >= 15 is 0 Å². The highest BCUT2D eigenvalue weighted by atomic mass is 35.5. The van der Waals surface area contributed by atoms with Gasteiger partial charge in [-0.2, -0.15) is 0 Å². The van der Waals surface area contributed by atoms with Gasteiger partial charge in [0.05, 0.1) is 0 Å². The van der Waals surface area contributed by atoms with E-state index in [1.54, 1.807) is 0 Å². The molecular formula is C7H12Cl2O. The first-order valence-electron chi connectivity index (χ1n) is 3.31. The van der Waals surface area contributed by atoms with Crippen LogP contribution in [0, 0.1) is 0 Å². The zero-order chi connectivity index (χ0) is 7.98. The van der Waals surface area contributed by atoms with Crippen LogP contribution < -0.4 is 0 Å². The third-order valence-electron chi connectivity index (χ3n) is 1.15. The molecule has 0 aliphatic heterocycles. The average Bonchev–Trinajstić information content (AvgIpc) is 1.91. The Hall–Kier alpha value is 0.280. The number of hydrogen-bond acceptors (Lipinski definition) is 1. The van der Waals surface area contributed by atoms with Crippen molar-refractivity contribution < 1.29 is 4.74 Å². The smallest absolute Gasteiger partial charge is 0.153 e. The van der Waals surface area contributed by atoms with Crippen LogP contribution in [0.15, 0.2) is 11.1 Å². The lowest BCUT2D eigenvalue weighted by Crippen LogP contribution is -2.07. The van der Waals surface area contributed by atoms with Crippen LogP contribution in [0.1, 0.15) is 20.3 Å². The molecule has 0 aliphatic carbocycles. The molecule has 0 aliphatic rings. The maximum Gasteiger partial charge on any atom is 0.153 e. The van der Waals surface area contributed by atoms with Gasteiger partial charge in [-0.05, 0) is 18.9 Å². The van der Waals surface area contributed by atoms with E-state index in [2.05, 4.69) is 0 Å². The molecular weight excluding hydrogens is 171 g/mol. The number of hydrogen-bond donors (Lipinski definition) is 0. The summed E-state index contributed by atoms with van der Waals surface area (Å²) < 4.78 is 5.10. The highest BCUT2D eigenvalue weighted by molar-refractivity contribution is 6.27. The van der Waals surface area contributed by atoms with Gasteiger partial charge in [0.2, 0.25) is 0 Å². The van der Waals surface area contributed by atoms with Crippen molar-refractivity contribution in [2.24, 2.45) is 0 Å². The second-order valence-corrected chi connectivity index (χ2v) is 2.42. The van der Waals surface area contributed by atoms with Gasteiger partial charge in [0, 0.05) is 12.1 Å². The maximum absolute atomic E-state index is 5.77. The highest BCUT2D eigenvalue weighted by Gasteiger charge is 2.06. The van der Waals surface area contributed by atoms with E-state index in [9.17, 15) is 0 Å². The van der Waals surface area contributed by atoms with Crippen LogP contribution >= 0.6 is 23.2 Å². The van der Waals surface area contributed by atoms with Gasteiger partial charge in [-0.3, -0.25) is 0 Å². The summed E-state index contributed by atoms with van der Waals surface area (Å²) in [6, 6.07) is 0. The summed E-state index contributed by atoms with van der Waals surface area (Å²) in [5.41, 5.74) is 2.05. The summed E-state index contributed by atoms with van der Waals surface area (Å²) >= 11 is 11.2. The SMILES string of the molecule is CCOC(Cl)/C(=C/Cl)CC. The fraction of sp³-hybridized carbons (Fsp3) is 0.714. The summed E-state index contributed by atoms with van der Waals surface area (Å²) in [6.07, 6.45) is 0.831. The van der Waals surface area contributed by atoms with Crippen molar-refractivity contribution in [2.75, 3.05) is 6.61 Å². The minimum Gasteiger partial charge on any atom is -0.359 e. The van der Waals surface area contributed by atoms with Crippen LogP contribution in [-0.2, 0) is 4.74 Å². The van der Waals surface area contributed by atoms with Crippen LogP contribution in [0.4, 0.5) is 0 Å². The predicted molar refractivity (Wildman–Crippen MR) is 45.5 cm³/mol. The minimum atomic E-state index is -0.354. The Labute approximate surface area is 72.0 Å². The Bertz CT molecular complexity index is 112. The van der Waals surface area contributed by atoms with Gasteiger partial charge in [-0.25, -0.2) is 0 Å². The molecule has 0 N–H and O–H groups in total. The molecule has 1 nitrogen and oxygen atoms in total. The van der Waals surface area contributed by atoms with Gasteiger partial charge in [0.15, 0.2) is 5.56 Å². The highest BCUT2D eigenvalue weighted by Crippen LogP contribution is 2.15. The average molecular weight is 183 g/mol. The Morgan fingerprint density at radius 1 is 1.60 bits per heavy atom. The summed E-state index contributed by atoms with van der Waals surface area (Å²) in [7, 11) is 0. The molecule has 0 spiro atoms. The quantitative estimate of drug-likeness (QED) is 0.608. The molecule has 0 radical (unpaired) electrons. The number of ether oxygens (including phenoxy) is 1. The molecule has 1 unspecified atom stereocenters. The molecule has 0 fully saturated rings. The van der Waals surface area contributed by atoms with Crippen LogP contribution in [0.3, 0.4) is 0 Å². The van der Waals surface area contributed by atoms with E-state index in [-0.39, 0.29) is 5.56 Å². The Morgan fingerprint density at radius 2 is 2.20 bits per heavy atom. The Balaban J connectivity index is 3.77. The van der Waals surface area contributed by atoms with Crippen molar-refractivity contribution in [3.63, 3.8) is 0 Å². The first-order chi connectivity index (χ1) is 4.76. The third kappa shape index (κ3) is 3.45. The summed E-state index contributed by atoms with van der Waals surface area (Å²) in [5, 5.41) is 0. The van der Waals surface area contributed by atoms with Crippen LogP contribution in [0.2, 0.25) is 0 Å². The van der Waals surface area contributed by atoms with Crippen molar-refractivity contribution in [1.82, 2.24) is 0 Å². The van der Waals surface area contributed by atoms with Crippen molar-refractivity contribution >= 4 is 23.2 Å². The Morgan fingerprint density at radius 3 is 2.50 bits per heavy atom. The largest absolute Gasteiger partial charge is 0.359 e. The summed E-state index contributed by atoms with van der Waals surface area (Å²) in [6.45, 7) is 4.50. The van der Waals surface area contributed by atoms with E-state index in [0.717, 1.165) is 12.0 Å². The fourth-order valence-electron chi connectivity index (χ4n) is 0.541. The molecule has 0 amide bonds. The lowest BCUT2D eigenvalue weighted by Gasteiger charge is -2.10. The van der Waals surface area contributed by atoms with Crippen molar-refractivity contribution in [3.8, 4) is 0 Å². The van der Waals surface area contributed by atoms with Gasteiger partial charge in [0.1, 0.15) is 0 Å². The van der Waals surface area contributed by atoms with E-state index < -0.39 is 0 Å². The molecule has 1 atom stereocenters. The monoisotopic (exact) mass is 182 g/mol. The van der Waals surface area contributed by atoms with Gasteiger partial charge in [-0.15, -0.1) is 0 Å². The molecule has 0 aromatic heterocycles. The van der Waals surface area contributed by atoms with Gasteiger partial charge < -0.3 is 4.74 Å². The molecule has 0 heterocycles. The zero-order valence-corrected chi connectivity index (χ0v) is 7.74. The summed E-state index contributed by atoms with van der Waals surface area (Å²) in [4.78, 5) is 0. The number of halogens is 2. The molecule has 60 valence electrons. The molecule has 0 bridgehead atoms. The molecule has 0 aromatic carbocycles. The van der Waals surface area contributed by atoms with Crippen molar-refractivity contribution in [2.45, 2.75) is 25.8 Å². The van der Waals surface area contributed by atoms with E-state index in [0.29, 0.717) is 6.61 Å². The normalized spacial score (nSPS) is 15.4. The fourth-order valence-corrected chi connectivity index (χ4v) is 1.22. The molecule has 0 rings (SSSR count). The topological polar surface area (TPSA) is 9.23 Å². The van der Waals surface area contributed by atoms with Gasteiger partial charge in [0.25, 0.3) is 0 Å². The first-order valence-corrected chi connectivity index (χ1v) is 4.18. The van der Waals surface area contributed by atoms with Gasteiger partial charge >= 0.3 is 0 Å². The second kappa shape index (κ2) is 6.02. The second-order valence-electron chi connectivity index (χ2n) is 1.81. The third-order valence-corrected chi connectivity index (χ3v) is 1.84. The molecule has 3 heteroatoms. The lowest BCUT2D eigenvalue weighted by molar-refractivity contribution is 0.140. The van der Waals surface area contributed by atoms with Crippen LogP contribution in [0.25, 0.3) is 0 Å². The lowest BCUT2D eigenvalue weighted by atomic mass is 10.2. The van der Waals surface area contributed by atoms with E-state index in [1.807, 2.05) is 13.8 Å². The van der Waals surface area contributed by atoms with Crippen LogP contribution in [-0.4, -0.2) is 12.2 Å². The Kier molecular flexibility index (Phi) is 6.19. The maximum atomic E-state index is 5.77. The molecule has 0 saturated heterocycles. The minimum absolute atomic E-state index is 0.354. The van der Waals surface area contributed by atoms with Crippen LogP contribution in [0.5, 0.6) is 0 Å². The van der Waals surface area contributed by atoms with Crippen molar-refractivity contribution in [1.29, 1.82) is 0 Å². The standard InChI is InChI=1S/C7H12Cl2O/c1-3-6(5-8)7(9)10-4-2/h5,7H,3-4H2,1-2H3/b6-5+. The van der Waals surface area contributed by atoms with E-state index in [4.69, 9.17) is 27.9 Å². The zero-order valence-electron chi connectivity index (χ0n) is 6.23. The number of alkyl halides is 1. The molecule has 10 heavy (non-hydrogen) atoms. The summed E-state index contributed by atoms with van der Waals surface area (Å²) in [5.74, 6) is 0. The molecule has 0 aromatic rings. The molecule has 0 saturated carbocycles. The first kappa shape index (κ1) is 10.3. The van der Waals surface area contributed by atoms with E-state index in [1.165, 1.54) is 5.54 Å². The predicted octanol–water partition coefficient (Wildman–Crippen LogP) is 3.12.